The molecule has 1 amide bonds. The number of carbonyl (C=O) groups excluding carboxylic acids is 1. The topological polar surface area (TPSA) is 118 Å². The van der Waals surface area contributed by atoms with Crippen LogP contribution in [0.15, 0.2) is 48.5 Å². The lowest BCUT2D eigenvalue weighted by atomic mass is 9.99. The van der Waals surface area contributed by atoms with Crippen LogP contribution in [0.1, 0.15) is 67.6 Å². The number of carboxylic acids is 1. The van der Waals surface area contributed by atoms with Crippen molar-refractivity contribution in [2.24, 2.45) is 0 Å². The molecule has 0 aromatic heterocycles. The minimum atomic E-state index is -0.807. The molecule has 2 aromatic rings. The number of carboxylic acid groups (broad SMARTS) is 1. The van der Waals surface area contributed by atoms with E-state index in [9.17, 15) is 14.7 Å². The van der Waals surface area contributed by atoms with Crippen molar-refractivity contribution < 1.29 is 34.0 Å². The van der Waals surface area contributed by atoms with Gasteiger partial charge in [0.25, 0.3) is 0 Å². The molecule has 0 saturated carbocycles. The quantitative estimate of drug-likeness (QED) is 0.355. The second-order valence-electron chi connectivity index (χ2n) is 9.89. The number of aliphatic hydroxyl groups excluding tert-OH is 1. The Kier molecular flexibility index (Phi) is 10.7. The minimum absolute atomic E-state index is 0.00477. The fourth-order valence-corrected chi connectivity index (χ4v) is 4.79. The summed E-state index contributed by atoms with van der Waals surface area (Å²) in [5.41, 5.74) is 3.48. The van der Waals surface area contributed by atoms with Gasteiger partial charge in [-0.25, -0.2) is 0 Å². The molecule has 2 aliphatic rings. The van der Waals surface area contributed by atoms with Gasteiger partial charge in [0.05, 0.1) is 32.0 Å². The summed E-state index contributed by atoms with van der Waals surface area (Å²) >= 11 is 0. The van der Waals surface area contributed by atoms with Gasteiger partial charge in [-0.15, -0.1) is 0 Å². The van der Waals surface area contributed by atoms with E-state index in [0.717, 1.165) is 56.0 Å². The second kappa shape index (κ2) is 14.4. The van der Waals surface area contributed by atoms with E-state index >= 15 is 0 Å². The van der Waals surface area contributed by atoms with Crippen molar-refractivity contribution in [2.45, 2.75) is 63.6 Å². The SMILES string of the molecule is O=C(O)CCCCCC(=O)Nc1ccc([C@@H]2O[C@H](CN3CCOCC3)C[C@H](c3ccc(CO)cc3)O2)cc1. The van der Waals surface area contributed by atoms with Gasteiger partial charge in [-0.3, -0.25) is 14.5 Å². The Hall–Kier alpha value is -2.82. The number of aliphatic carboxylic acids is 1. The Balaban J connectivity index is 1.37. The Morgan fingerprint density at radius 2 is 1.58 bits per heavy atom. The van der Waals surface area contributed by atoms with E-state index in [0.29, 0.717) is 31.4 Å². The molecule has 206 valence electrons. The summed E-state index contributed by atoms with van der Waals surface area (Å²) in [6.07, 6.45) is 2.47. The summed E-state index contributed by atoms with van der Waals surface area (Å²) in [5, 5.41) is 21.0. The van der Waals surface area contributed by atoms with Crippen molar-refractivity contribution in [3.05, 3.63) is 65.2 Å². The van der Waals surface area contributed by atoms with Gasteiger partial charge in [-0.05, 0) is 36.1 Å². The molecule has 0 unspecified atom stereocenters. The number of aliphatic hydroxyl groups is 1. The molecule has 0 bridgehead atoms. The van der Waals surface area contributed by atoms with Gasteiger partial charge >= 0.3 is 5.97 Å². The van der Waals surface area contributed by atoms with Crippen LogP contribution in [0, 0.1) is 0 Å². The summed E-state index contributed by atoms with van der Waals surface area (Å²) in [4.78, 5) is 25.2. The maximum atomic E-state index is 12.3. The third kappa shape index (κ3) is 8.61. The monoisotopic (exact) mass is 526 g/mol. The molecule has 2 aromatic carbocycles. The van der Waals surface area contributed by atoms with Gasteiger partial charge in [-0.1, -0.05) is 42.8 Å². The molecule has 3 N–H and O–H groups in total. The Labute approximate surface area is 223 Å². The molecule has 0 aliphatic carbocycles. The fourth-order valence-electron chi connectivity index (χ4n) is 4.79. The van der Waals surface area contributed by atoms with E-state index in [1.807, 2.05) is 48.5 Å². The van der Waals surface area contributed by atoms with E-state index in [1.54, 1.807) is 0 Å². The maximum absolute atomic E-state index is 12.3. The zero-order chi connectivity index (χ0) is 26.7. The van der Waals surface area contributed by atoms with E-state index in [4.69, 9.17) is 19.3 Å². The molecule has 9 heteroatoms. The van der Waals surface area contributed by atoms with Crippen LogP contribution in [0.5, 0.6) is 0 Å². The van der Waals surface area contributed by atoms with Gasteiger partial charge < -0.3 is 29.7 Å². The molecule has 3 atom stereocenters. The van der Waals surface area contributed by atoms with Crippen molar-refractivity contribution in [3.8, 4) is 0 Å². The summed E-state index contributed by atoms with van der Waals surface area (Å²) in [5.74, 6) is -0.894. The second-order valence-corrected chi connectivity index (χ2v) is 9.89. The van der Waals surface area contributed by atoms with E-state index < -0.39 is 12.3 Å². The molecule has 4 rings (SSSR count). The Morgan fingerprint density at radius 1 is 0.895 bits per heavy atom. The number of ether oxygens (including phenoxy) is 3. The average molecular weight is 527 g/mol. The van der Waals surface area contributed by atoms with Crippen LogP contribution >= 0.6 is 0 Å². The number of anilines is 1. The molecule has 0 radical (unpaired) electrons. The zero-order valence-corrected chi connectivity index (χ0v) is 21.7. The third-order valence-electron chi connectivity index (χ3n) is 6.94. The molecule has 2 aliphatic heterocycles. The molecule has 9 nitrogen and oxygen atoms in total. The normalized spacial score (nSPS) is 22.2. The smallest absolute Gasteiger partial charge is 0.303 e. The van der Waals surface area contributed by atoms with Crippen molar-refractivity contribution in [1.29, 1.82) is 0 Å². The van der Waals surface area contributed by atoms with Gasteiger partial charge in [-0.2, -0.15) is 0 Å². The lowest BCUT2D eigenvalue weighted by Crippen LogP contribution is -2.44. The van der Waals surface area contributed by atoms with Gasteiger partial charge in [0.15, 0.2) is 6.29 Å². The van der Waals surface area contributed by atoms with Crippen LogP contribution < -0.4 is 5.32 Å². The van der Waals surface area contributed by atoms with E-state index in [1.165, 1.54) is 0 Å². The summed E-state index contributed by atoms with van der Waals surface area (Å²) < 4.78 is 18.3. The first-order chi connectivity index (χ1) is 18.5. The van der Waals surface area contributed by atoms with E-state index in [-0.39, 0.29) is 31.1 Å². The van der Waals surface area contributed by atoms with Crippen molar-refractivity contribution in [1.82, 2.24) is 4.90 Å². The first-order valence-electron chi connectivity index (χ1n) is 13.4. The molecular weight excluding hydrogens is 488 g/mol. The van der Waals surface area contributed by atoms with Gasteiger partial charge in [0.2, 0.25) is 5.91 Å². The summed E-state index contributed by atoms with van der Waals surface area (Å²) in [6, 6.07) is 15.4. The van der Waals surface area contributed by atoms with Crippen LogP contribution in [0.2, 0.25) is 0 Å². The number of carbonyl (C=O) groups is 2. The standard InChI is InChI=1S/C29H38N2O7/c32-20-21-6-8-22(9-7-21)26-18-25(19-31-14-16-36-17-15-31)37-29(38-26)23-10-12-24(13-11-23)30-27(33)4-2-1-3-5-28(34)35/h6-13,25-26,29,32H,1-5,14-20H2,(H,30,33)(H,34,35)/t25-,26+,29+/m0/s1. The predicted octanol–water partition coefficient (Wildman–Crippen LogP) is 4.03. The highest BCUT2D eigenvalue weighted by Gasteiger charge is 2.33. The largest absolute Gasteiger partial charge is 0.481 e. The Morgan fingerprint density at radius 3 is 2.26 bits per heavy atom. The number of rotatable bonds is 12. The molecule has 0 spiro atoms. The van der Waals surface area contributed by atoms with Gasteiger partial charge in [0.1, 0.15) is 0 Å². The number of morpholine rings is 1. The van der Waals surface area contributed by atoms with Crippen LogP contribution in [-0.4, -0.2) is 65.9 Å². The van der Waals surface area contributed by atoms with Crippen LogP contribution in [0.3, 0.4) is 0 Å². The first kappa shape index (κ1) is 28.2. The number of benzene rings is 2. The molecular formula is C29H38N2O7. The Bertz CT molecular complexity index is 1020. The lowest BCUT2D eigenvalue weighted by Gasteiger charge is -2.39. The zero-order valence-electron chi connectivity index (χ0n) is 21.7. The number of unbranched alkanes of at least 4 members (excludes halogenated alkanes) is 2. The summed E-state index contributed by atoms with van der Waals surface area (Å²) in [6.45, 7) is 4.03. The number of nitrogens with one attached hydrogen (secondary N) is 1. The number of hydrogen-bond acceptors (Lipinski definition) is 7. The first-order valence-corrected chi connectivity index (χ1v) is 13.4. The average Bonchev–Trinajstić information content (AvgIpc) is 2.93. The van der Waals surface area contributed by atoms with Crippen LogP contribution in [-0.2, 0) is 30.4 Å². The molecule has 2 heterocycles. The van der Waals surface area contributed by atoms with Crippen molar-refractivity contribution in [3.63, 3.8) is 0 Å². The molecule has 2 saturated heterocycles. The maximum Gasteiger partial charge on any atom is 0.303 e. The van der Waals surface area contributed by atoms with Crippen LogP contribution in [0.25, 0.3) is 0 Å². The van der Waals surface area contributed by atoms with Crippen molar-refractivity contribution >= 4 is 17.6 Å². The highest BCUT2D eigenvalue weighted by molar-refractivity contribution is 5.90. The van der Waals surface area contributed by atoms with Crippen LogP contribution in [0.4, 0.5) is 5.69 Å². The highest BCUT2D eigenvalue weighted by Crippen LogP contribution is 2.38. The van der Waals surface area contributed by atoms with Crippen molar-refractivity contribution in [2.75, 3.05) is 38.2 Å². The minimum Gasteiger partial charge on any atom is -0.481 e. The number of amides is 1. The number of nitrogens with zero attached hydrogens (tertiary/aromatic N) is 1. The number of hydrogen-bond donors (Lipinski definition) is 3. The molecule has 38 heavy (non-hydrogen) atoms. The summed E-state index contributed by atoms with van der Waals surface area (Å²) in [7, 11) is 0. The van der Waals surface area contributed by atoms with Gasteiger partial charge in [0, 0.05) is 50.1 Å². The fraction of sp³-hybridized carbons (Fsp3) is 0.517. The van der Waals surface area contributed by atoms with E-state index in [2.05, 4.69) is 10.2 Å². The highest BCUT2D eigenvalue weighted by atomic mass is 16.7. The lowest BCUT2D eigenvalue weighted by molar-refractivity contribution is -0.253. The third-order valence-corrected chi connectivity index (χ3v) is 6.94. The predicted molar refractivity (Wildman–Crippen MR) is 141 cm³/mol. The molecule has 2 fully saturated rings.